The summed E-state index contributed by atoms with van der Waals surface area (Å²) in [6.07, 6.45) is 6.16. The van der Waals surface area contributed by atoms with E-state index in [-0.39, 0.29) is 24.2 Å². The minimum atomic E-state index is -0.224. The van der Waals surface area contributed by atoms with E-state index < -0.39 is 0 Å². The first-order chi connectivity index (χ1) is 11.3. The van der Waals surface area contributed by atoms with Gasteiger partial charge < -0.3 is 14.4 Å². The van der Waals surface area contributed by atoms with Crippen LogP contribution in [0.3, 0.4) is 0 Å². The third-order valence-electron chi connectivity index (χ3n) is 5.46. The molecule has 0 N–H and O–H groups in total. The molecule has 0 bridgehead atoms. The largest absolute Gasteiger partial charge is 0.348 e. The first-order valence-electron chi connectivity index (χ1n) is 8.96. The first-order valence-corrected chi connectivity index (χ1v) is 8.96. The number of rotatable bonds is 2. The van der Waals surface area contributed by atoms with E-state index in [1.54, 1.807) is 0 Å². The maximum absolute atomic E-state index is 13.3. The molecule has 2 atom stereocenters. The SMILES string of the molecule is O=C(C1CCCc2ccccc21)N1CCCCC1C1OCCO1. The minimum Gasteiger partial charge on any atom is -0.348 e. The van der Waals surface area contributed by atoms with Crippen LogP contribution in [0.5, 0.6) is 0 Å². The van der Waals surface area contributed by atoms with E-state index in [4.69, 9.17) is 9.47 Å². The van der Waals surface area contributed by atoms with Gasteiger partial charge in [-0.05, 0) is 49.7 Å². The highest BCUT2D eigenvalue weighted by molar-refractivity contribution is 5.85. The van der Waals surface area contributed by atoms with Crippen molar-refractivity contribution in [2.75, 3.05) is 19.8 Å². The van der Waals surface area contributed by atoms with Gasteiger partial charge in [-0.25, -0.2) is 0 Å². The van der Waals surface area contributed by atoms with Crippen LogP contribution >= 0.6 is 0 Å². The predicted molar refractivity (Wildman–Crippen MR) is 87.2 cm³/mol. The minimum absolute atomic E-state index is 0.0157. The van der Waals surface area contributed by atoms with Crippen molar-refractivity contribution < 1.29 is 14.3 Å². The van der Waals surface area contributed by atoms with Gasteiger partial charge in [0.05, 0.1) is 25.2 Å². The van der Waals surface area contributed by atoms with E-state index in [0.29, 0.717) is 13.2 Å². The van der Waals surface area contributed by atoms with Crippen LogP contribution in [0.1, 0.15) is 49.1 Å². The summed E-state index contributed by atoms with van der Waals surface area (Å²) in [5.74, 6) is 0.294. The van der Waals surface area contributed by atoms with E-state index in [1.807, 2.05) is 0 Å². The number of ether oxygens (including phenoxy) is 2. The molecule has 2 fully saturated rings. The lowest BCUT2D eigenvalue weighted by molar-refractivity contribution is -0.152. The molecule has 2 aliphatic heterocycles. The van der Waals surface area contributed by atoms with Crippen molar-refractivity contribution in [3.8, 4) is 0 Å². The summed E-state index contributed by atoms with van der Waals surface area (Å²) < 4.78 is 11.4. The van der Waals surface area contributed by atoms with Gasteiger partial charge in [0, 0.05) is 6.54 Å². The molecule has 3 aliphatic rings. The number of likely N-dealkylation sites (tertiary alicyclic amines) is 1. The number of carbonyl (C=O) groups excluding carboxylic acids is 1. The zero-order chi connectivity index (χ0) is 15.6. The zero-order valence-electron chi connectivity index (χ0n) is 13.6. The zero-order valence-corrected chi connectivity index (χ0v) is 13.6. The molecule has 23 heavy (non-hydrogen) atoms. The Morgan fingerprint density at radius 1 is 1.04 bits per heavy atom. The Balaban J connectivity index is 1.57. The van der Waals surface area contributed by atoms with Gasteiger partial charge in [-0.3, -0.25) is 4.79 Å². The van der Waals surface area contributed by atoms with E-state index in [1.165, 1.54) is 11.1 Å². The summed E-state index contributed by atoms with van der Waals surface area (Å²) >= 11 is 0. The normalized spacial score (nSPS) is 28.6. The van der Waals surface area contributed by atoms with Crippen LogP contribution in [0.2, 0.25) is 0 Å². The monoisotopic (exact) mass is 315 g/mol. The molecule has 2 unspecified atom stereocenters. The molecule has 0 saturated carbocycles. The van der Waals surface area contributed by atoms with Gasteiger partial charge in [0.1, 0.15) is 0 Å². The summed E-state index contributed by atoms with van der Waals surface area (Å²) in [5, 5.41) is 0. The third kappa shape index (κ3) is 2.90. The van der Waals surface area contributed by atoms with Gasteiger partial charge in [-0.15, -0.1) is 0 Å². The summed E-state index contributed by atoms with van der Waals surface area (Å²) in [4.78, 5) is 15.4. The summed E-state index contributed by atoms with van der Waals surface area (Å²) in [6.45, 7) is 2.14. The van der Waals surface area contributed by atoms with Gasteiger partial charge >= 0.3 is 0 Å². The molecule has 1 aliphatic carbocycles. The molecule has 4 heteroatoms. The van der Waals surface area contributed by atoms with Crippen molar-refractivity contribution in [1.29, 1.82) is 0 Å². The Morgan fingerprint density at radius 3 is 2.74 bits per heavy atom. The molecule has 0 radical (unpaired) electrons. The average molecular weight is 315 g/mol. The smallest absolute Gasteiger partial charge is 0.230 e. The van der Waals surface area contributed by atoms with Crippen LogP contribution in [0, 0.1) is 0 Å². The predicted octanol–water partition coefficient (Wildman–Crippen LogP) is 2.86. The molecule has 2 saturated heterocycles. The number of hydrogen-bond acceptors (Lipinski definition) is 3. The Kier molecular flexibility index (Phi) is 4.36. The maximum atomic E-state index is 13.3. The number of aryl methyl sites for hydroxylation is 1. The average Bonchev–Trinajstić information content (AvgIpc) is 3.15. The second kappa shape index (κ2) is 6.62. The molecule has 0 spiro atoms. The van der Waals surface area contributed by atoms with Gasteiger partial charge in [-0.2, -0.15) is 0 Å². The Hall–Kier alpha value is -1.39. The fourth-order valence-corrected chi connectivity index (χ4v) is 4.32. The number of amides is 1. The van der Waals surface area contributed by atoms with Gasteiger partial charge in [0.25, 0.3) is 0 Å². The Morgan fingerprint density at radius 2 is 1.87 bits per heavy atom. The van der Waals surface area contributed by atoms with E-state index in [9.17, 15) is 4.79 Å². The summed E-state index contributed by atoms with van der Waals surface area (Å²) in [5.41, 5.74) is 2.58. The van der Waals surface area contributed by atoms with Crippen molar-refractivity contribution >= 4 is 5.91 Å². The van der Waals surface area contributed by atoms with E-state index in [0.717, 1.165) is 45.1 Å². The topological polar surface area (TPSA) is 38.8 Å². The number of carbonyl (C=O) groups is 1. The fourth-order valence-electron chi connectivity index (χ4n) is 4.32. The molecule has 2 heterocycles. The van der Waals surface area contributed by atoms with Gasteiger partial charge in [-0.1, -0.05) is 24.3 Å². The number of nitrogens with zero attached hydrogens (tertiary/aromatic N) is 1. The Bertz CT molecular complexity index is 567. The highest BCUT2D eigenvalue weighted by Crippen LogP contribution is 2.35. The van der Waals surface area contributed by atoms with Crippen LogP contribution in [0.4, 0.5) is 0 Å². The van der Waals surface area contributed by atoms with E-state index >= 15 is 0 Å². The van der Waals surface area contributed by atoms with Crippen LogP contribution < -0.4 is 0 Å². The van der Waals surface area contributed by atoms with Crippen LogP contribution in [0.25, 0.3) is 0 Å². The lowest BCUT2D eigenvalue weighted by Gasteiger charge is -2.40. The lowest BCUT2D eigenvalue weighted by Crippen LogP contribution is -2.51. The van der Waals surface area contributed by atoms with Crippen molar-refractivity contribution in [2.45, 2.75) is 56.8 Å². The van der Waals surface area contributed by atoms with Crippen molar-refractivity contribution in [1.82, 2.24) is 4.90 Å². The van der Waals surface area contributed by atoms with Crippen LogP contribution in [-0.4, -0.2) is 42.9 Å². The number of benzene rings is 1. The molecule has 4 nitrogen and oxygen atoms in total. The summed E-state index contributed by atoms with van der Waals surface area (Å²) in [7, 11) is 0. The maximum Gasteiger partial charge on any atom is 0.230 e. The molecule has 4 rings (SSSR count). The first kappa shape index (κ1) is 15.2. The van der Waals surface area contributed by atoms with Crippen LogP contribution in [-0.2, 0) is 20.7 Å². The highest BCUT2D eigenvalue weighted by atomic mass is 16.7. The molecule has 1 amide bonds. The molecule has 0 aromatic heterocycles. The second-order valence-electron chi connectivity index (χ2n) is 6.85. The lowest BCUT2D eigenvalue weighted by atomic mass is 9.81. The van der Waals surface area contributed by atoms with Crippen molar-refractivity contribution in [3.05, 3.63) is 35.4 Å². The molecule has 1 aromatic carbocycles. The highest BCUT2D eigenvalue weighted by Gasteiger charge is 2.39. The quantitative estimate of drug-likeness (QED) is 0.842. The van der Waals surface area contributed by atoms with Crippen molar-refractivity contribution in [2.24, 2.45) is 0 Å². The number of hydrogen-bond donors (Lipinski definition) is 0. The molecule has 1 aromatic rings. The molecular formula is C19H25NO3. The van der Waals surface area contributed by atoms with Gasteiger partial charge in [0.2, 0.25) is 5.91 Å². The standard InChI is InChI=1S/C19H25NO3/c21-18(16-9-5-7-14-6-1-2-8-15(14)16)20-11-4-3-10-17(20)19-22-12-13-23-19/h1-2,6,8,16-17,19H,3-5,7,9-13H2. The van der Waals surface area contributed by atoms with E-state index in [2.05, 4.69) is 29.2 Å². The number of piperidine rings is 1. The summed E-state index contributed by atoms with van der Waals surface area (Å²) in [6, 6.07) is 8.54. The van der Waals surface area contributed by atoms with Crippen molar-refractivity contribution in [3.63, 3.8) is 0 Å². The second-order valence-corrected chi connectivity index (χ2v) is 6.85. The molecular weight excluding hydrogens is 290 g/mol. The third-order valence-corrected chi connectivity index (χ3v) is 5.46. The number of fused-ring (bicyclic) bond motifs is 1. The van der Waals surface area contributed by atoms with Crippen LogP contribution in [0.15, 0.2) is 24.3 Å². The van der Waals surface area contributed by atoms with Gasteiger partial charge in [0.15, 0.2) is 6.29 Å². The fraction of sp³-hybridized carbons (Fsp3) is 0.632. The Labute approximate surface area is 137 Å². The molecule has 124 valence electrons.